The third kappa shape index (κ3) is 4.61. The zero-order valence-corrected chi connectivity index (χ0v) is 17.5. The van der Waals surface area contributed by atoms with Crippen LogP contribution in [0.4, 0.5) is 0 Å². The fourth-order valence-electron chi connectivity index (χ4n) is 3.39. The largest absolute Gasteiger partial charge is 0.476 e. The number of aliphatic imine (C=N–C) groups is 1. The van der Waals surface area contributed by atoms with Crippen LogP contribution in [0.3, 0.4) is 0 Å². The number of hydrogen-bond donors (Lipinski definition) is 0. The lowest BCUT2D eigenvalue weighted by Gasteiger charge is -2.33. The minimum atomic E-state index is -3.51. The molecule has 148 valence electrons. The van der Waals surface area contributed by atoms with E-state index < -0.39 is 10.0 Å². The number of hydrogen-bond acceptors (Lipinski definition) is 4. The number of rotatable bonds is 4. The fourth-order valence-corrected chi connectivity index (χ4v) is 5.04. The minimum Gasteiger partial charge on any atom is -0.476 e. The third-order valence-corrected chi connectivity index (χ3v) is 7.20. The van der Waals surface area contributed by atoms with E-state index in [9.17, 15) is 8.42 Å². The second kappa shape index (κ2) is 7.76. The van der Waals surface area contributed by atoms with Crippen molar-refractivity contribution in [2.75, 3.05) is 13.2 Å². The summed E-state index contributed by atoms with van der Waals surface area (Å²) < 4.78 is 33.6. The molecule has 0 amide bonds. The molecule has 2 aliphatic heterocycles. The minimum absolute atomic E-state index is 0.0568. The summed E-state index contributed by atoms with van der Waals surface area (Å²) in [5.41, 5.74) is 1.11. The maximum atomic E-state index is 13.1. The van der Waals surface area contributed by atoms with Gasteiger partial charge in [0.15, 0.2) is 0 Å². The molecule has 0 aliphatic carbocycles. The highest BCUT2D eigenvalue weighted by atomic mass is 32.2. The number of nitrogens with zero attached hydrogens (tertiary/aromatic N) is 2. The standard InChI is InChI=1S/C21H30N2O3S/c1-16-8-11-18(12-9-16)27(24,25)23-14-6-5-7-17(23)10-13-20-22-19(15-26-20)21(2,3)4/h8-13,17,19H,5-7,14-15H2,1-4H3/b13-10-/t17-,19+/m0/s1. The molecule has 2 atom stereocenters. The molecular weight excluding hydrogens is 360 g/mol. The van der Waals surface area contributed by atoms with E-state index in [2.05, 4.69) is 25.8 Å². The van der Waals surface area contributed by atoms with Crippen molar-refractivity contribution in [3.8, 4) is 0 Å². The quantitative estimate of drug-likeness (QED) is 0.782. The summed E-state index contributed by atoms with van der Waals surface area (Å²) in [6, 6.07) is 7.04. The van der Waals surface area contributed by atoms with E-state index in [1.54, 1.807) is 16.4 Å². The molecule has 0 saturated carbocycles. The van der Waals surface area contributed by atoms with Crippen LogP contribution in [0.2, 0.25) is 0 Å². The highest BCUT2D eigenvalue weighted by Gasteiger charge is 2.33. The lowest BCUT2D eigenvalue weighted by Crippen LogP contribution is -2.42. The molecule has 0 radical (unpaired) electrons. The van der Waals surface area contributed by atoms with Gasteiger partial charge in [-0.15, -0.1) is 0 Å². The Balaban J connectivity index is 1.79. The fraction of sp³-hybridized carbons (Fsp3) is 0.571. The maximum absolute atomic E-state index is 13.1. The van der Waals surface area contributed by atoms with Crippen LogP contribution in [-0.2, 0) is 14.8 Å². The molecule has 1 aromatic carbocycles. The van der Waals surface area contributed by atoms with Gasteiger partial charge in [-0.3, -0.25) is 0 Å². The summed E-state index contributed by atoms with van der Waals surface area (Å²) in [5.74, 6) is 0.605. The first-order valence-corrected chi connectivity index (χ1v) is 11.1. The lowest BCUT2D eigenvalue weighted by molar-refractivity contribution is 0.236. The van der Waals surface area contributed by atoms with E-state index in [0.29, 0.717) is 23.9 Å². The second-order valence-corrected chi connectivity index (χ2v) is 10.4. The van der Waals surface area contributed by atoms with Gasteiger partial charge >= 0.3 is 0 Å². The summed E-state index contributed by atoms with van der Waals surface area (Å²) in [7, 11) is -3.51. The van der Waals surface area contributed by atoms with Gasteiger partial charge in [-0.05, 0) is 43.4 Å². The Hall–Kier alpha value is -1.66. The molecule has 0 unspecified atom stereocenters. The first kappa shape index (κ1) is 20.1. The molecule has 2 aliphatic rings. The van der Waals surface area contributed by atoms with Gasteiger partial charge in [0.2, 0.25) is 15.9 Å². The summed E-state index contributed by atoms with van der Waals surface area (Å²) in [4.78, 5) is 5.00. The topological polar surface area (TPSA) is 59.0 Å². The number of piperidine rings is 1. The van der Waals surface area contributed by atoms with E-state index in [-0.39, 0.29) is 17.5 Å². The summed E-state index contributed by atoms with van der Waals surface area (Å²) >= 11 is 0. The Labute approximate surface area is 163 Å². The summed E-state index contributed by atoms with van der Waals surface area (Å²) in [6.45, 7) is 9.52. The van der Waals surface area contributed by atoms with Crippen molar-refractivity contribution in [3.63, 3.8) is 0 Å². The zero-order chi connectivity index (χ0) is 19.7. The SMILES string of the molecule is Cc1ccc(S(=O)(=O)N2CCCC[C@H]2/C=C\C2=N[C@@H](C(C)(C)C)CO2)cc1. The van der Waals surface area contributed by atoms with Crippen LogP contribution >= 0.6 is 0 Å². The molecule has 6 heteroatoms. The van der Waals surface area contributed by atoms with Crippen LogP contribution in [0, 0.1) is 12.3 Å². The predicted molar refractivity (Wildman–Crippen MR) is 108 cm³/mol. The molecule has 1 fully saturated rings. The highest BCUT2D eigenvalue weighted by molar-refractivity contribution is 7.89. The zero-order valence-electron chi connectivity index (χ0n) is 16.7. The Bertz CT molecular complexity index is 820. The van der Waals surface area contributed by atoms with E-state index in [0.717, 1.165) is 24.8 Å². The van der Waals surface area contributed by atoms with Crippen molar-refractivity contribution in [2.45, 2.75) is 63.9 Å². The molecule has 2 heterocycles. The molecule has 0 N–H and O–H groups in total. The van der Waals surface area contributed by atoms with E-state index >= 15 is 0 Å². The second-order valence-electron chi connectivity index (χ2n) is 8.51. The Morgan fingerprint density at radius 3 is 2.52 bits per heavy atom. The van der Waals surface area contributed by atoms with Crippen molar-refractivity contribution in [3.05, 3.63) is 42.0 Å². The van der Waals surface area contributed by atoms with Gasteiger partial charge in [0.1, 0.15) is 6.61 Å². The predicted octanol–water partition coefficient (Wildman–Crippen LogP) is 3.94. The number of ether oxygens (including phenoxy) is 1. The normalized spacial score (nSPS) is 24.8. The Kier molecular flexibility index (Phi) is 5.77. The molecule has 1 aromatic rings. The van der Waals surface area contributed by atoms with Crippen LogP contribution in [-0.4, -0.2) is 43.9 Å². The van der Waals surface area contributed by atoms with Gasteiger partial charge in [-0.25, -0.2) is 13.4 Å². The molecule has 0 aromatic heterocycles. The lowest BCUT2D eigenvalue weighted by atomic mass is 9.88. The number of benzene rings is 1. The summed E-state index contributed by atoms with van der Waals surface area (Å²) in [5, 5.41) is 0. The third-order valence-electron chi connectivity index (χ3n) is 5.26. The average Bonchev–Trinajstić information content (AvgIpc) is 3.10. The average molecular weight is 391 g/mol. The van der Waals surface area contributed by atoms with Gasteiger partial charge in [0.05, 0.1) is 10.9 Å². The molecule has 0 bridgehead atoms. The van der Waals surface area contributed by atoms with Gasteiger partial charge < -0.3 is 4.74 Å². The smallest absolute Gasteiger partial charge is 0.243 e. The highest BCUT2D eigenvalue weighted by Crippen LogP contribution is 2.28. The van der Waals surface area contributed by atoms with Gasteiger partial charge in [0.25, 0.3) is 0 Å². The summed E-state index contributed by atoms with van der Waals surface area (Å²) in [6.07, 6.45) is 6.51. The van der Waals surface area contributed by atoms with Crippen molar-refractivity contribution in [1.29, 1.82) is 0 Å². The van der Waals surface area contributed by atoms with E-state index in [1.807, 2.05) is 31.2 Å². The van der Waals surface area contributed by atoms with Gasteiger partial charge in [-0.2, -0.15) is 4.31 Å². The first-order chi connectivity index (χ1) is 12.7. The molecule has 0 spiro atoms. The first-order valence-electron chi connectivity index (χ1n) is 9.65. The Morgan fingerprint density at radius 2 is 1.89 bits per heavy atom. The van der Waals surface area contributed by atoms with Crippen LogP contribution in [0.5, 0.6) is 0 Å². The molecule has 3 rings (SSSR count). The van der Waals surface area contributed by atoms with Crippen molar-refractivity contribution >= 4 is 15.9 Å². The molecule has 27 heavy (non-hydrogen) atoms. The van der Waals surface area contributed by atoms with Gasteiger partial charge in [-0.1, -0.05) is 51.0 Å². The number of sulfonamides is 1. The van der Waals surface area contributed by atoms with E-state index in [1.165, 1.54) is 0 Å². The van der Waals surface area contributed by atoms with Crippen LogP contribution < -0.4 is 0 Å². The maximum Gasteiger partial charge on any atom is 0.243 e. The van der Waals surface area contributed by atoms with Crippen molar-refractivity contribution in [1.82, 2.24) is 4.31 Å². The van der Waals surface area contributed by atoms with Crippen LogP contribution in [0.25, 0.3) is 0 Å². The Morgan fingerprint density at radius 1 is 1.19 bits per heavy atom. The molecule has 5 nitrogen and oxygen atoms in total. The van der Waals surface area contributed by atoms with Crippen LogP contribution in [0.15, 0.2) is 46.3 Å². The van der Waals surface area contributed by atoms with Gasteiger partial charge in [0, 0.05) is 12.6 Å². The van der Waals surface area contributed by atoms with E-state index in [4.69, 9.17) is 4.74 Å². The van der Waals surface area contributed by atoms with Crippen molar-refractivity contribution < 1.29 is 13.2 Å². The van der Waals surface area contributed by atoms with Crippen molar-refractivity contribution in [2.24, 2.45) is 10.4 Å². The number of aryl methyl sites for hydroxylation is 1. The molecular formula is C21H30N2O3S. The monoisotopic (exact) mass is 390 g/mol. The van der Waals surface area contributed by atoms with Crippen LogP contribution in [0.1, 0.15) is 45.6 Å². The molecule has 1 saturated heterocycles.